The molecule has 0 bridgehead atoms. The Morgan fingerprint density at radius 3 is 2.41 bits per heavy atom. The minimum Gasteiger partial charge on any atom is -0.349 e. The molecule has 0 unspecified atom stereocenters. The Bertz CT molecular complexity index is 569. The Hall–Kier alpha value is -1.57. The lowest BCUT2D eigenvalue weighted by Crippen LogP contribution is -2.50. The summed E-state index contributed by atoms with van der Waals surface area (Å²) in [4.78, 5) is 23.9. The largest absolute Gasteiger partial charge is 0.471 e. The highest BCUT2D eigenvalue weighted by Gasteiger charge is 2.43. The summed E-state index contributed by atoms with van der Waals surface area (Å²) in [5, 5.41) is 2.78. The number of hydrogen-bond donors (Lipinski definition) is 1. The molecule has 0 aliphatic carbocycles. The first kappa shape index (κ1) is 16.8. The molecule has 0 saturated carbocycles. The Labute approximate surface area is 133 Å². The van der Waals surface area contributed by atoms with Gasteiger partial charge in [-0.1, -0.05) is 22.0 Å². The lowest BCUT2D eigenvalue weighted by Gasteiger charge is -2.32. The summed E-state index contributed by atoms with van der Waals surface area (Å²) in [6.07, 6.45) is -4.23. The van der Waals surface area contributed by atoms with Gasteiger partial charge in [-0.25, -0.2) is 0 Å². The standard InChI is InChI=1S/C14H14BrF3N2O2/c15-10-3-1-2-9(8-10)12(21)19-11-4-6-20(7-5-11)13(22)14(16,17)18/h1-3,8,11H,4-7H2,(H,19,21). The van der Waals surface area contributed by atoms with Crippen molar-refractivity contribution in [3.63, 3.8) is 0 Å². The highest BCUT2D eigenvalue weighted by molar-refractivity contribution is 9.10. The number of likely N-dealkylation sites (tertiary alicyclic amines) is 1. The van der Waals surface area contributed by atoms with Gasteiger partial charge in [0, 0.05) is 29.2 Å². The number of nitrogens with zero attached hydrogens (tertiary/aromatic N) is 1. The third-order valence-electron chi connectivity index (χ3n) is 3.45. The molecule has 4 nitrogen and oxygen atoms in total. The van der Waals surface area contributed by atoms with Gasteiger partial charge >= 0.3 is 12.1 Å². The smallest absolute Gasteiger partial charge is 0.349 e. The van der Waals surface area contributed by atoms with E-state index in [1.54, 1.807) is 24.3 Å². The van der Waals surface area contributed by atoms with Crippen LogP contribution in [0.5, 0.6) is 0 Å². The number of benzene rings is 1. The van der Waals surface area contributed by atoms with E-state index in [0.29, 0.717) is 18.4 Å². The molecule has 0 atom stereocenters. The van der Waals surface area contributed by atoms with Crippen molar-refractivity contribution in [3.05, 3.63) is 34.3 Å². The van der Waals surface area contributed by atoms with Crippen molar-refractivity contribution in [2.45, 2.75) is 25.1 Å². The number of piperidine rings is 1. The van der Waals surface area contributed by atoms with Gasteiger partial charge in [-0.2, -0.15) is 13.2 Å². The molecule has 1 aromatic carbocycles. The quantitative estimate of drug-likeness (QED) is 0.859. The van der Waals surface area contributed by atoms with Crippen LogP contribution in [-0.4, -0.2) is 42.0 Å². The van der Waals surface area contributed by atoms with Crippen LogP contribution in [-0.2, 0) is 4.79 Å². The lowest BCUT2D eigenvalue weighted by molar-refractivity contribution is -0.186. The van der Waals surface area contributed by atoms with E-state index < -0.39 is 12.1 Å². The number of carbonyl (C=O) groups is 2. The molecule has 0 aromatic heterocycles. The summed E-state index contributed by atoms with van der Waals surface area (Å²) in [7, 11) is 0. The van der Waals surface area contributed by atoms with E-state index in [0.717, 1.165) is 9.37 Å². The molecule has 1 aromatic rings. The molecular weight excluding hydrogens is 365 g/mol. The molecule has 1 aliphatic heterocycles. The zero-order chi connectivity index (χ0) is 16.3. The van der Waals surface area contributed by atoms with Crippen LogP contribution in [0.4, 0.5) is 13.2 Å². The predicted octanol–water partition coefficient (Wildman–Crippen LogP) is 2.73. The Morgan fingerprint density at radius 1 is 1.23 bits per heavy atom. The maximum Gasteiger partial charge on any atom is 0.471 e. The molecule has 120 valence electrons. The third-order valence-corrected chi connectivity index (χ3v) is 3.94. The van der Waals surface area contributed by atoms with Crippen LogP contribution in [0.2, 0.25) is 0 Å². The molecule has 0 spiro atoms. The fraction of sp³-hybridized carbons (Fsp3) is 0.429. The van der Waals surface area contributed by atoms with E-state index in [4.69, 9.17) is 0 Å². The van der Waals surface area contributed by atoms with Crippen molar-refractivity contribution in [2.24, 2.45) is 0 Å². The normalized spacial score (nSPS) is 16.5. The van der Waals surface area contributed by atoms with Crippen LogP contribution in [0, 0.1) is 0 Å². The SMILES string of the molecule is O=C(NC1CCN(C(=O)C(F)(F)F)CC1)c1cccc(Br)c1. The second-order valence-corrected chi connectivity index (χ2v) is 5.96. The topological polar surface area (TPSA) is 49.4 Å². The van der Waals surface area contributed by atoms with E-state index in [-0.39, 0.29) is 25.0 Å². The van der Waals surface area contributed by atoms with E-state index in [1.165, 1.54) is 0 Å². The summed E-state index contributed by atoms with van der Waals surface area (Å²) in [6, 6.07) is 6.60. The van der Waals surface area contributed by atoms with Gasteiger partial charge in [0.25, 0.3) is 5.91 Å². The van der Waals surface area contributed by atoms with Gasteiger partial charge in [-0.3, -0.25) is 9.59 Å². The van der Waals surface area contributed by atoms with Crippen molar-refractivity contribution in [1.82, 2.24) is 10.2 Å². The van der Waals surface area contributed by atoms with Gasteiger partial charge in [0.1, 0.15) is 0 Å². The summed E-state index contributed by atoms with van der Waals surface area (Å²) in [5.74, 6) is -2.09. The van der Waals surface area contributed by atoms with Crippen molar-refractivity contribution in [1.29, 1.82) is 0 Å². The van der Waals surface area contributed by atoms with Crippen LogP contribution in [0.3, 0.4) is 0 Å². The molecule has 1 saturated heterocycles. The van der Waals surface area contributed by atoms with Crippen LogP contribution in [0.15, 0.2) is 28.7 Å². The Balaban J connectivity index is 1.88. The highest BCUT2D eigenvalue weighted by atomic mass is 79.9. The van der Waals surface area contributed by atoms with Gasteiger partial charge in [0.05, 0.1) is 0 Å². The van der Waals surface area contributed by atoms with Gasteiger partial charge in [-0.15, -0.1) is 0 Å². The fourth-order valence-corrected chi connectivity index (χ4v) is 2.70. The zero-order valence-corrected chi connectivity index (χ0v) is 13.1. The summed E-state index contributed by atoms with van der Waals surface area (Å²) in [6.45, 7) is -0.0243. The molecule has 1 fully saturated rings. The fourth-order valence-electron chi connectivity index (χ4n) is 2.30. The van der Waals surface area contributed by atoms with Gasteiger partial charge < -0.3 is 10.2 Å². The molecule has 0 radical (unpaired) electrons. The maximum absolute atomic E-state index is 12.3. The lowest BCUT2D eigenvalue weighted by atomic mass is 10.0. The zero-order valence-electron chi connectivity index (χ0n) is 11.5. The third kappa shape index (κ3) is 4.22. The maximum atomic E-state index is 12.3. The van der Waals surface area contributed by atoms with Crippen LogP contribution >= 0.6 is 15.9 Å². The number of amides is 2. The molecule has 2 rings (SSSR count). The van der Waals surface area contributed by atoms with Crippen LogP contribution in [0.1, 0.15) is 23.2 Å². The van der Waals surface area contributed by atoms with E-state index in [1.807, 2.05) is 0 Å². The van der Waals surface area contributed by atoms with Crippen LogP contribution in [0.25, 0.3) is 0 Å². The predicted molar refractivity (Wildman–Crippen MR) is 77.3 cm³/mol. The average molecular weight is 379 g/mol. The van der Waals surface area contributed by atoms with E-state index in [9.17, 15) is 22.8 Å². The van der Waals surface area contributed by atoms with Gasteiger partial charge in [0.2, 0.25) is 0 Å². The molecule has 2 amide bonds. The molecule has 22 heavy (non-hydrogen) atoms. The molecule has 1 heterocycles. The molecule has 1 aliphatic rings. The average Bonchev–Trinajstić information content (AvgIpc) is 2.46. The summed E-state index contributed by atoms with van der Waals surface area (Å²) >= 11 is 3.27. The second-order valence-electron chi connectivity index (χ2n) is 5.05. The van der Waals surface area contributed by atoms with Crippen molar-refractivity contribution < 1.29 is 22.8 Å². The minimum atomic E-state index is -4.84. The molecular formula is C14H14BrF3N2O2. The molecule has 8 heteroatoms. The minimum absolute atomic E-state index is 0.0121. The monoisotopic (exact) mass is 378 g/mol. The van der Waals surface area contributed by atoms with Crippen molar-refractivity contribution >= 4 is 27.7 Å². The Morgan fingerprint density at radius 2 is 1.86 bits per heavy atom. The number of rotatable bonds is 2. The van der Waals surface area contributed by atoms with Crippen molar-refractivity contribution in [2.75, 3.05) is 13.1 Å². The first-order chi connectivity index (χ1) is 10.3. The van der Waals surface area contributed by atoms with Crippen molar-refractivity contribution in [3.8, 4) is 0 Å². The van der Waals surface area contributed by atoms with E-state index >= 15 is 0 Å². The van der Waals surface area contributed by atoms with Gasteiger partial charge in [0.15, 0.2) is 0 Å². The number of carbonyl (C=O) groups excluding carboxylic acids is 2. The molecule has 1 N–H and O–H groups in total. The number of alkyl halides is 3. The second kappa shape index (κ2) is 6.68. The first-order valence-corrected chi connectivity index (χ1v) is 7.49. The first-order valence-electron chi connectivity index (χ1n) is 6.70. The number of halogens is 4. The summed E-state index contributed by atoms with van der Waals surface area (Å²) < 4.78 is 37.8. The Kier molecular flexibility index (Phi) is 5.10. The van der Waals surface area contributed by atoms with E-state index in [2.05, 4.69) is 21.2 Å². The van der Waals surface area contributed by atoms with Gasteiger partial charge in [-0.05, 0) is 31.0 Å². The summed E-state index contributed by atoms with van der Waals surface area (Å²) in [5.41, 5.74) is 0.475. The van der Waals surface area contributed by atoms with Crippen LogP contribution < -0.4 is 5.32 Å². The number of hydrogen-bond acceptors (Lipinski definition) is 2. The highest BCUT2D eigenvalue weighted by Crippen LogP contribution is 2.21. The number of nitrogens with one attached hydrogen (secondary N) is 1.